The van der Waals surface area contributed by atoms with E-state index < -0.39 is 0 Å². The maximum atomic E-state index is 5.89. The van der Waals surface area contributed by atoms with Crippen molar-refractivity contribution in [2.45, 2.75) is 20.4 Å². The van der Waals surface area contributed by atoms with Crippen LogP contribution in [0.5, 0.6) is 6.01 Å². The number of aryl methyl sites for hydroxylation is 1. The quantitative estimate of drug-likeness (QED) is 0.848. The van der Waals surface area contributed by atoms with Crippen LogP contribution >= 0.6 is 11.6 Å². The van der Waals surface area contributed by atoms with Crippen molar-refractivity contribution in [2.75, 3.05) is 18.6 Å². The first-order chi connectivity index (χ1) is 9.58. The van der Waals surface area contributed by atoms with Crippen molar-refractivity contribution in [2.24, 2.45) is 0 Å². The van der Waals surface area contributed by atoms with Crippen molar-refractivity contribution in [1.29, 1.82) is 0 Å². The molecule has 0 saturated heterocycles. The maximum absolute atomic E-state index is 5.89. The molecule has 0 amide bonds. The first-order valence-electron chi connectivity index (χ1n) is 6.39. The number of nitrogens with zero attached hydrogens (tertiary/aromatic N) is 4. The van der Waals surface area contributed by atoms with Crippen LogP contribution in [-0.4, -0.2) is 28.6 Å². The highest BCUT2D eigenvalue weighted by atomic mass is 35.5. The number of halogens is 1. The first kappa shape index (κ1) is 14.5. The van der Waals surface area contributed by atoms with E-state index in [-0.39, 0.29) is 11.3 Å². The summed E-state index contributed by atoms with van der Waals surface area (Å²) < 4.78 is 5.27. The molecule has 2 rings (SSSR count). The average molecular weight is 293 g/mol. The Morgan fingerprint density at radius 3 is 2.75 bits per heavy atom. The Labute approximate surface area is 123 Å². The number of ether oxygens (including phenoxy) is 1. The van der Waals surface area contributed by atoms with E-state index in [1.54, 1.807) is 0 Å². The van der Waals surface area contributed by atoms with Gasteiger partial charge in [-0.3, -0.25) is 0 Å². The van der Waals surface area contributed by atoms with Gasteiger partial charge in [0.1, 0.15) is 0 Å². The van der Waals surface area contributed by atoms with Crippen LogP contribution in [0, 0.1) is 6.92 Å². The van der Waals surface area contributed by atoms with Crippen LogP contribution in [-0.2, 0) is 6.54 Å². The summed E-state index contributed by atoms with van der Waals surface area (Å²) >= 11 is 5.89. The van der Waals surface area contributed by atoms with Gasteiger partial charge in [-0.05, 0) is 31.0 Å². The van der Waals surface area contributed by atoms with Gasteiger partial charge in [0.05, 0.1) is 6.61 Å². The molecular formula is C14H17ClN4O. The molecule has 0 bridgehead atoms. The number of rotatable bonds is 5. The number of hydrogen-bond acceptors (Lipinski definition) is 5. The Morgan fingerprint density at radius 2 is 2.05 bits per heavy atom. The van der Waals surface area contributed by atoms with Crippen LogP contribution in [0.4, 0.5) is 5.95 Å². The molecule has 0 saturated carbocycles. The summed E-state index contributed by atoms with van der Waals surface area (Å²) in [6.07, 6.45) is 0. The summed E-state index contributed by atoms with van der Waals surface area (Å²) in [6, 6.07) is 8.54. The maximum Gasteiger partial charge on any atom is 0.322 e. The summed E-state index contributed by atoms with van der Waals surface area (Å²) in [5.74, 6) is 0.495. The van der Waals surface area contributed by atoms with E-state index >= 15 is 0 Å². The van der Waals surface area contributed by atoms with Gasteiger partial charge in [0.2, 0.25) is 11.2 Å². The van der Waals surface area contributed by atoms with Crippen LogP contribution < -0.4 is 9.64 Å². The highest BCUT2D eigenvalue weighted by Crippen LogP contribution is 2.16. The van der Waals surface area contributed by atoms with E-state index in [9.17, 15) is 0 Å². The molecule has 20 heavy (non-hydrogen) atoms. The van der Waals surface area contributed by atoms with E-state index in [4.69, 9.17) is 16.3 Å². The lowest BCUT2D eigenvalue weighted by molar-refractivity contribution is 0.311. The highest BCUT2D eigenvalue weighted by molar-refractivity contribution is 6.28. The Balaban J connectivity index is 2.18. The van der Waals surface area contributed by atoms with Crippen LogP contribution in [0.15, 0.2) is 24.3 Å². The van der Waals surface area contributed by atoms with E-state index in [0.717, 1.165) is 0 Å². The minimum absolute atomic E-state index is 0.134. The van der Waals surface area contributed by atoms with Gasteiger partial charge < -0.3 is 9.64 Å². The number of benzene rings is 1. The summed E-state index contributed by atoms with van der Waals surface area (Å²) in [6.45, 7) is 5.11. The molecule has 0 aliphatic heterocycles. The molecule has 1 aromatic carbocycles. The Hall–Kier alpha value is -1.88. The number of hydrogen-bond donors (Lipinski definition) is 0. The summed E-state index contributed by atoms with van der Waals surface area (Å²) in [7, 11) is 1.91. The fraction of sp³-hybridized carbons (Fsp3) is 0.357. The molecule has 0 atom stereocenters. The summed E-state index contributed by atoms with van der Waals surface area (Å²) in [5.41, 5.74) is 2.40. The molecule has 6 heteroatoms. The van der Waals surface area contributed by atoms with Gasteiger partial charge in [0, 0.05) is 13.6 Å². The predicted molar refractivity (Wildman–Crippen MR) is 79.3 cm³/mol. The molecule has 0 aliphatic carbocycles. The van der Waals surface area contributed by atoms with Crippen LogP contribution in [0.3, 0.4) is 0 Å². The van der Waals surface area contributed by atoms with Crippen LogP contribution in [0.2, 0.25) is 5.28 Å². The van der Waals surface area contributed by atoms with Crippen molar-refractivity contribution in [1.82, 2.24) is 15.0 Å². The molecule has 5 nitrogen and oxygen atoms in total. The van der Waals surface area contributed by atoms with E-state index in [2.05, 4.69) is 40.1 Å². The van der Waals surface area contributed by atoms with Crippen molar-refractivity contribution in [3.63, 3.8) is 0 Å². The second kappa shape index (κ2) is 6.52. The van der Waals surface area contributed by atoms with Crippen molar-refractivity contribution in [3.8, 4) is 6.01 Å². The topological polar surface area (TPSA) is 51.1 Å². The molecule has 0 unspecified atom stereocenters. The third-order valence-electron chi connectivity index (χ3n) is 2.69. The highest BCUT2D eigenvalue weighted by Gasteiger charge is 2.10. The molecule has 1 aromatic heterocycles. The minimum atomic E-state index is 0.134. The van der Waals surface area contributed by atoms with Crippen molar-refractivity contribution < 1.29 is 4.74 Å². The number of aromatic nitrogens is 3. The van der Waals surface area contributed by atoms with Gasteiger partial charge in [0.25, 0.3) is 0 Å². The lowest BCUT2D eigenvalue weighted by Crippen LogP contribution is -2.20. The first-order valence-corrected chi connectivity index (χ1v) is 6.77. The van der Waals surface area contributed by atoms with Crippen molar-refractivity contribution in [3.05, 3.63) is 40.7 Å². The SMILES string of the molecule is CCOc1nc(Cl)nc(N(C)Cc2cccc(C)c2)n1. The monoisotopic (exact) mass is 292 g/mol. The van der Waals surface area contributed by atoms with Gasteiger partial charge in [0.15, 0.2) is 0 Å². The Kier molecular flexibility index (Phi) is 4.74. The fourth-order valence-corrected chi connectivity index (χ4v) is 1.99. The lowest BCUT2D eigenvalue weighted by atomic mass is 10.1. The smallest absolute Gasteiger partial charge is 0.322 e. The molecule has 0 fully saturated rings. The molecule has 2 aromatic rings. The van der Waals surface area contributed by atoms with Gasteiger partial charge in [-0.2, -0.15) is 15.0 Å². The molecule has 0 radical (unpaired) electrons. The van der Waals surface area contributed by atoms with Gasteiger partial charge >= 0.3 is 6.01 Å². The average Bonchev–Trinajstić information content (AvgIpc) is 2.38. The summed E-state index contributed by atoms with van der Waals surface area (Å²) in [5, 5.41) is 0.134. The zero-order chi connectivity index (χ0) is 14.5. The van der Waals surface area contributed by atoms with Crippen LogP contribution in [0.1, 0.15) is 18.1 Å². The van der Waals surface area contributed by atoms with Crippen LogP contribution in [0.25, 0.3) is 0 Å². The zero-order valence-corrected chi connectivity index (χ0v) is 12.6. The molecule has 0 N–H and O–H groups in total. The molecule has 0 aliphatic rings. The molecule has 106 valence electrons. The largest absolute Gasteiger partial charge is 0.464 e. The third kappa shape index (κ3) is 3.81. The van der Waals surface area contributed by atoms with Gasteiger partial charge in [-0.15, -0.1) is 0 Å². The zero-order valence-electron chi connectivity index (χ0n) is 11.8. The standard InChI is InChI=1S/C14H17ClN4O/c1-4-20-14-17-12(15)16-13(18-14)19(3)9-11-7-5-6-10(2)8-11/h5-8H,4,9H2,1-3H3. The van der Waals surface area contributed by atoms with E-state index in [1.165, 1.54) is 11.1 Å². The Morgan fingerprint density at radius 1 is 1.25 bits per heavy atom. The minimum Gasteiger partial charge on any atom is -0.464 e. The molecular weight excluding hydrogens is 276 g/mol. The van der Waals surface area contributed by atoms with E-state index in [0.29, 0.717) is 19.1 Å². The Bertz CT molecular complexity index is 591. The number of anilines is 1. The van der Waals surface area contributed by atoms with E-state index in [1.807, 2.05) is 24.9 Å². The van der Waals surface area contributed by atoms with Gasteiger partial charge in [-0.25, -0.2) is 0 Å². The second-order valence-electron chi connectivity index (χ2n) is 4.47. The third-order valence-corrected chi connectivity index (χ3v) is 2.86. The van der Waals surface area contributed by atoms with Gasteiger partial charge in [-0.1, -0.05) is 29.8 Å². The normalized spacial score (nSPS) is 10.4. The predicted octanol–water partition coefficient (Wildman–Crippen LogP) is 2.87. The molecule has 0 spiro atoms. The summed E-state index contributed by atoms with van der Waals surface area (Å²) in [4.78, 5) is 14.2. The fourth-order valence-electron chi connectivity index (χ4n) is 1.84. The lowest BCUT2D eigenvalue weighted by Gasteiger charge is -2.17. The van der Waals surface area contributed by atoms with Crippen molar-refractivity contribution >= 4 is 17.5 Å². The molecule has 1 heterocycles. The second-order valence-corrected chi connectivity index (χ2v) is 4.80.